The number of nitrogens with zero attached hydrogens (tertiary/aromatic N) is 1. The Morgan fingerprint density at radius 3 is 2.64 bits per heavy atom. The van der Waals surface area contributed by atoms with E-state index in [0.717, 1.165) is 21.3 Å². The van der Waals surface area contributed by atoms with Crippen molar-refractivity contribution in [1.29, 1.82) is 0 Å². The van der Waals surface area contributed by atoms with Crippen molar-refractivity contribution in [2.24, 2.45) is 0 Å². The van der Waals surface area contributed by atoms with Gasteiger partial charge in [-0.05, 0) is 43.2 Å². The Bertz CT molecular complexity index is 929. The van der Waals surface area contributed by atoms with Gasteiger partial charge in [-0.25, -0.2) is 4.98 Å². The molecule has 0 saturated carbocycles. The molecule has 0 bridgehead atoms. The molecule has 3 aromatic rings. The van der Waals surface area contributed by atoms with Crippen LogP contribution in [0.4, 0.5) is 5.13 Å². The van der Waals surface area contributed by atoms with Crippen LogP contribution in [-0.4, -0.2) is 10.9 Å². The highest BCUT2D eigenvalue weighted by atomic mass is 79.9. The lowest BCUT2D eigenvalue weighted by molar-refractivity contribution is -0.111. The standard InChI is InChI=1S/C20H17BrN2OS/c1-13-3-9-17(14(2)11-13)18-12-25-20(22-18)23-19(24)10-6-15-4-7-16(21)8-5-15/h3-12H,1-2H3,(H,22,23,24)/b10-6+. The van der Waals surface area contributed by atoms with Gasteiger partial charge in [-0.15, -0.1) is 11.3 Å². The molecule has 1 N–H and O–H groups in total. The first-order valence-corrected chi connectivity index (χ1v) is 9.46. The molecule has 25 heavy (non-hydrogen) atoms. The van der Waals surface area contributed by atoms with Gasteiger partial charge in [0.1, 0.15) is 0 Å². The van der Waals surface area contributed by atoms with E-state index in [9.17, 15) is 4.79 Å². The molecule has 0 aliphatic heterocycles. The first-order chi connectivity index (χ1) is 12.0. The van der Waals surface area contributed by atoms with Crippen molar-refractivity contribution in [2.45, 2.75) is 13.8 Å². The zero-order valence-corrected chi connectivity index (χ0v) is 16.3. The SMILES string of the molecule is Cc1ccc(-c2csc(NC(=O)/C=C/c3ccc(Br)cc3)n2)c(C)c1. The third kappa shape index (κ3) is 4.65. The van der Waals surface area contributed by atoms with Crippen LogP contribution in [0.5, 0.6) is 0 Å². The molecule has 5 heteroatoms. The zero-order chi connectivity index (χ0) is 17.8. The van der Waals surface area contributed by atoms with Crippen LogP contribution in [-0.2, 0) is 4.79 Å². The van der Waals surface area contributed by atoms with E-state index in [1.807, 2.05) is 29.6 Å². The van der Waals surface area contributed by atoms with Gasteiger partial charge in [0, 0.05) is 21.5 Å². The Morgan fingerprint density at radius 1 is 1.16 bits per heavy atom. The number of thiazole rings is 1. The summed E-state index contributed by atoms with van der Waals surface area (Å²) in [4.78, 5) is 16.6. The third-order valence-electron chi connectivity index (χ3n) is 3.69. The normalized spacial score (nSPS) is 11.0. The van der Waals surface area contributed by atoms with Crippen LogP contribution in [0, 0.1) is 13.8 Å². The molecular formula is C20H17BrN2OS. The molecule has 1 aromatic heterocycles. The predicted molar refractivity (Wildman–Crippen MR) is 109 cm³/mol. The molecule has 126 valence electrons. The van der Waals surface area contributed by atoms with Gasteiger partial charge in [0.05, 0.1) is 5.69 Å². The summed E-state index contributed by atoms with van der Waals surface area (Å²) < 4.78 is 1.01. The topological polar surface area (TPSA) is 42.0 Å². The van der Waals surface area contributed by atoms with Gasteiger partial charge in [-0.1, -0.05) is 51.8 Å². The quantitative estimate of drug-likeness (QED) is 0.546. The third-order valence-corrected chi connectivity index (χ3v) is 4.98. The minimum Gasteiger partial charge on any atom is -0.298 e. The summed E-state index contributed by atoms with van der Waals surface area (Å²) in [5.74, 6) is -0.190. The lowest BCUT2D eigenvalue weighted by atomic mass is 10.0. The minimum atomic E-state index is -0.190. The van der Waals surface area contributed by atoms with E-state index in [-0.39, 0.29) is 5.91 Å². The van der Waals surface area contributed by atoms with Crippen molar-refractivity contribution in [3.8, 4) is 11.3 Å². The molecule has 0 saturated heterocycles. The summed E-state index contributed by atoms with van der Waals surface area (Å²) in [6, 6.07) is 14.0. The zero-order valence-electron chi connectivity index (χ0n) is 13.9. The first-order valence-electron chi connectivity index (χ1n) is 7.79. The Morgan fingerprint density at radius 2 is 1.92 bits per heavy atom. The number of carbonyl (C=O) groups excluding carboxylic acids is 1. The molecule has 0 spiro atoms. The Labute approximate surface area is 159 Å². The average molecular weight is 413 g/mol. The average Bonchev–Trinajstić information content (AvgIpc) is 3.02. The highest BCUT2D eigenvalue weighted by Gasteiger charge is 2.08. The van der Waals surface area contributed by atoms with E-state index in [1.54, 1.807) is 6.08 Å². The number of rotatable bonds is 4. The maximum Gasteiger partial charge on any atom is 0.250 e. The molecule has 0 unspecified atom stereocenters. The molecule has 3 nitrogen and oxygen atoms in total. The summed E-state index contributed by atoms with van der Waals surface area (Å²) >= 11 is 4.82. The highest BCUT2D eigenvalue weighted by Crippen LogP contribution is 2.28. The van der Waals surface area contributed by atoms with Gasteiger partial charge in [0.15, 0.2) is 5.13 Å². The van der Waals surface area contributed by atoms with Gasteiger partial charge in [0.25, 0.3) is 0 Å². The van der Waals surface area contributed by atoms with E-state index in [1.165, 1.54) is 28.5 Å². The smallest absolute Gasteiger partial charge is 0.250 e. The van der Waals surface area contributed by atoms with Crippen LogP contribution >= 0.6 is 27.3 Å². The molecule has 0 fully saturated rings. The van der Waals surface area contributed by atoms with Crippen LogP contribution in [0.3, 0.4) is 0 Å². The van der Waals surface area contributed by atoms with Crippen LogP contribution in [0.2, 0.25) is 0 Å². The molecule has 3 rings (SSSR count). The maximum atomic E-state index is 12.1. The van der Waals surface area contributed by atoms with Crippen molar-refractivity contribution < 1.29 is 4.79 Å². The molecule has 1 heterocycles. The van der Waals surface area contributed by atoms with Gasteiger partial charge < -0.3 is 0 Å². The number of anilines is 1. The fourth-order valence-corrected chi connectivity index (χ4v) is 3.43. The molecule has 2 aromatic carbocycles. The summed E-state index contributed by atoms with van der Waals surface area (Å²) in [5.41, 5.74) is 5.34. The van der Waals surface area contributed by atoms with Crippen LogP contribution in [0.15, 0.2) is 58.4 Å². The summed E-state index contributed by atoms with van der Waals surface area (Å²) in [6.45, 7) is 4.14. The Kier molecular flexibility index (Phi) is 5.46. The van der Waals surface area contributed by atoms with E-state index >= 15 is 0 Å². The maximum absolute atomic E-state index is 12.1. The number of nitrogens with one attached hydrogen (secondary N) is 1. The fourth-order valence-electron chi connectivity index (χ4n) is 2.45. The summed E-state index contributed by atoms with van der Waals surface area (Å²) in [5, 5.41) is 5.38. The van der Waals surface area contributed by atoms with Gasteiger partial charge in [-0.2, -0.15) is 0 Å². The van der Waals surface area contributed by atoms with Crippen LogP contribution < -0.4 is 5.32 Å². The van der Waals surface area contributed by atoms with Crippen molar-refractivity contribution in [3.63, 3.8) is 0 Å². The van der Waals surface area contributed by atoms with E-state index in [4.69, 9.17) is 0 Å². The second-order valence-corrected chi connectivity index (χ2v) is 7.50. The number of halogens is 1. The fraction of sp³-hybridized carbons (Fsp3) is 0.100. The number of hydrogen-bond acceptors (Lipinski definition) is 3. The van der Waals surface area contributed by atoms with E-state index in [2.05, 4.69) is 58.3 Å². The molecular weight excluding hydrogens is 396 g/mol. The number of benzene rings is 2. The lowest BCUT2D eigenvalue weighted by Gasteiger charge is -2.03. The van der Waals surface area contributed by atoms with Crippen molar-refractivity contribution in [3.05, 3.63) is 75.1 Å². The van der Waals surface area contributed by atoms with Gasteiger partial charge in [-0.3, -0.25) is 10.1 Å². The van der Waals surface area contributed by atoms with E-state index in [0.29, 0.717) is 5.13 Å². The van der Waals surface area contributed by atoms with Crippen LogP contribution in [0.25, 0.3) is 17.3 Å². The lowest BCUT2D eigenvalue weighted by Crippen LogP contribution is -2.07. The van der Waals surface area contributed by atoms with Crippen molar-refractivity contribution >= 4 is 44.4 Å². The Hall–Kier alpha value is -2.24. The molecule has 1 amide bonds. The number of hydrogen-bond donors (Lipinski definition) is 1. The van der Waals surface area contributed by atoms with E-state index < -0.39 is 0 Å². The predicted octanol–water partition coefficient (Wildman–Crippen LogP) is 5.84. The second kappa shape index (κ2) is 7.76. The number of carbonyl (C=O) groups is 1. The molecule has 0 aliphatic carbocycles. The molecule has 0 atom stereocenters. The minimum absolute atomic E-state index is 0.190. The summed E-state index contributed by atoms with van der Waals surface area (Å²) in [7, 11) is 0. The number of aryl methyl sites for hydroxylation is 2. The summed E-state index contributed by atoms with van der Waals surface area (Å²) in [6.07, 6.45) is 3.29. The Balaban J connectivity index is 1.68. The molecule has 0 aliphatic rings. The van der Waals surface area contributed by atoms with Crippen molar-refractivity contribution in [2.75, 3.05) is 5.32 Å². The first kappa shape index (κ1) is 17.6. The van der Waals surface area contributed by atoms with Crippen LogP contribution in [0.1, 0.15) is 16.7 Å². The number of aromatic nitrogens is 1. The highest BCUT2D eigenvalue weighted by molar-refractivity contribution is 9.10. The second-order valence-electron chi connectivity index (χ2n) is 5.73. The molecule has 0 radical (unpaired) electrons. The largest absolute Gasteiger partial charge is 0.298 e. The number of amides is 1. The van der Waals surface area contributed by atoms with Gasteiger partial charge >= 0.3 is 0 Å². The van der Waals surface area contributed by atoms with Gasteiger partial charge in [0.2, 0.25) is 5.91 Å². The van der Waals surface area contributed by atoms with Crippen molar-refractivity contribution in [1.82, 2.24) is 4.98 Å². The monoisotopic (exact) mass is 412 g/mol.